The number of hydrogen-bond donors (Lipinski definition) is 1. The molecule has 2 aromatic heterocycles. The minimum Gasteiger partial charge on any atom is -0.506 e. The molecule has 3 aromatic rings. The van der Waals surface area contributed by atoms with E-state index in [-0.39, 0.29) is 5.75 Å². The van der Waals surface area contributed by atoms with Gasteiger partial charge in [-0.1, -0.05) is 28.1 Å². The van der Waals surface area contributed by atoms with Gasteiger partial charge in [0, 0.05) is 10.9 Å². The number of aromatic hydroxyl groups is 1. The molecule has 0 spiro atoms. The van der Waals surface area contributed by atoms with Gasteiger partial charge in [-0.05, 0) is 29.8 Å². The molecule has 0 fully saturated rings. The topological polar surface area (TPSA) is 50.4 Å². The summed E-state index contributed by atoms with van der Waals surface area (Å²) in [4.78, 5) is 0. The summed E-state index contributed by atoms with van der Waals surface area (Å²) in [5, 5.41) is 17.7. The third kappa shape index (κ3) is 2.09. The highest BCUT2D eigenvalue weighted by Gasteiger charge is 2.06. The minimum atomic E-state index is 0.208. The molecule has 0 amide bonds. The third-order valence-corrected chi connectivity index (χ3v) is 3.26. The summed E-state index contributed by atoms with van der Waals surface area (Å²) in [6.45, 7) is 0. The van der Waals surface area contributed by atoms with E-state index in [4.69, 9.17) is 0 Å². The van der Waals surface area contributed by atoms with Gasteiger partial charge in [-0.25, -0.2) is 0 Å². The number of nitrogens with zero attached hydrogens (tertiary/aromatic N) is 3. The second kappa shape index (κ2) is 4.42. The number of rotatable bonds is 2. The van der Waals surface area contributed by atoms with E-state index in [0.717, 1.165) is 21.5 Å². The van der Waals surface area contributed by atoms with E-state index in [2.05, 4.69) is 26.1 Å². The Labute approximate surface area is 112 Å². The lowest BCUT2D eigenvalue weighted by molar-refractivity contribution is 0.471. The van der Waals surface area contributed by atoms with Crippen molar-refractivity contribution in [2.24, 2.45) is 0 Å². The molecule has 1 N–H and O–H groups in total. The highest BCUT2D eigenvalue weighted by atomic mass is 79.9. The Hall–Kier alpha value is -1.88. The Morgan fingerprint density at radius 2 is 1.83 bits per heavy atom. The summed E-state index contributed by atoms with van der Waals surface area (Å²) in [6, 6.07) is 11.4. The monoisotopic (exact) mass is 303 g/mol. The van der Waals surface area contributed by atoms with Gasteiger partial charge in [-0.3, -0.25) is 4.40 Å². The third-order valence-electron chi connectivity index (χ3n) is 2.73. The molecule has 4 nitrogen and oxygen atoms in total. The van der Waals surface area contributed by atoms with Crippen molar-refractivity contribution in [1.29, 1.82) is 0 Å². The normalized spacial score (nSPS) is 10.9. The fourth-order valence-electron chi connectivity index (χ4n) is 1.83. The number of benzene rings is 1. The maximum atomic E-state index is 9.49. The van der Waals surface area contributed by atoms with Gasteiger partial charge in [0.25, 0.3) is 0 Å². The second-order valence-electron chi connectivity index (χ2n) is 4.03. The summed E-state index contributed by atoms with van der Waals surface area (Å²) in [5.74, 6) is 1.02. The summed E-state index contributed by atoms with van der Waals surface area (Å²) in [7, 11) is 0. The van der Waals surface area contributed by atoms with Crippen LogP contribution < -0.4 is 0 Å². The van der Waals surface area contributed by atoms with E-state index < -0.39 is 0 Å². The molecule has 2 heterocycles. The first kappa shape index (κ1) is 11.2. The van der Waals surface area contributed by atoms with Gasteiger partial charge in [-0.2, -0.15) is 0 Å². The number of halogens is 1. The zero-order valence-corrected chi connectivity index (χ0v) is 11.0. The fraction of sp³-hybridized carbons (Fsp3) is 0.0769. The first-order chi connectivity index (χ1) is 8.72. The van der Waals surface area contributed by atoms with Crippen LogP contribution in [0.1, 0.15) is 11.4 Å². The van der Waals surface area contributed by atoms with Crippen LogP contribution >= 0.6 is 15.9 Å². The molecule has 0 radical (unpaired) electrons. The van der Waals surface area contributed by atoms with E-state index in [9.17, 15) is 5.11 Å². The van der Waals surface area contributed by atoms with Crippen molar-refractivity contribution in [2.75, 3.05) is 0 Å². The Morgan fingerprint density at radius 3 is 2.61 bits per heavy atom. The van der Waals surface area contributed by atoms with Crippen LogP contribution in [0.25, 0.3) is 5.65 Å². The van der Waals surface area contributed by atoms with Crippen molar-refractivity contribution >= 4 is 21.6 Å². The fourth-order valence-corrected chi connectivity index (χ4v) is 2.10. The van der Waals surface area contributed by atoms with Crippen LogP contribution in [0.15, 0.2) is 47.1 Å². The first-order valence-electron chi connectivity index (χ1n) is 5.49. The lowest BCUT2D eigenvalue weighted by Crippen LogP contribution is -1.96. The summed E-state index contributed by atoms with van der Waals surface area (Å²) < 4.78 is 2.85. The van der Waals surface area contributed by atoms with Crippen LogP contribution in [0, 0.1) is 0 Å². The molecule has 0 aliphatic heterocycles. The Kier molecular flexibility index (Phi) is 2.76. The van der Waals surface area contributed by atoms with Crippen molar-refractivity contribution in [3.63, 3.8) is 0 Å². The zero-order chi connectivity index (χ0) is 12.5. The quantitative estimate of drug-likeness (QED) is 0.792. The van der Waals surface area contributed by atoms with Crippen LogP contribution in [0.4, 0.5) is 0 Å². The van der Waals surface area contributed by atoms with E-state index in [1.54, 1.807) is 22.7 Å². The molecule has 0 atom stereocenters. The lowest BCUT2D eigenvalue weighted by Gasteiger charge is -2.01. The van der Waals surface area contributed by atoms with Crippen LogP contribution in [-0.4, -0.2) is 19.7 Å². The van der Waals surface area contributed by atoms with E-state index in [0.29, 0.717) is 6.42 Å². The largest absolute Gasteiger partial charge is 0.506 e. The van der Waals surface area contributed by atoms with Crippen molar-refractivity contribution in [1.82, 2.24) is 14.6 Å². The maximum Gasteiger partial charge on any atom is 0.161 e. The highest BCUT2D eigenvalue weighted by Crippen LogP contribution is 2.16. The average Bonchev–Trinajstić information content (AvgIpc) is 2.75. The van der Waals surface area contributed by atoms with E-state index >= 15 is 0 Å². The second-order valence-corrected chi connectivity index (χ2v) is 4.95. The molecule has 0 saturated heterocycles. The molecule has 0 aliphatic rings. The predicted octanol–water partition coefficient (Wildman–Crippen LogP) is 2.79. The molecule has 5 heteroatoms. The number of aromatic nitrogens is 3. The van der Waals surface area contributed by atoms with Crippen LogP contribution in [0.5, 0.6) is 5.75 Å². The molecule has 18 heavy (non-hydrogen) atoms. The molecule has 0 aliphatic carbocycles. The van der Waals surface area contributed by atoms with Crippen molar-refractivity contribution < 1.29 is 5.11 Å². The average molecular weight is 304 g/mol. The van der Waals surface area contributed by atoms with Crippen molar-refractivity contribution in [3.05, 3.63) is 58.5 Å². The summed E-state index contributed by atoms with van der Waals surface area (Å²) in [6.07, 6.45) is 2.31. The van der Waals surface area contributed by atoms with Gasteiger partial charge >= 0.3 is 0 Å². The highest BCUT2D eigenvalue weighted by molar-refractivity contribution is 9.10. The Bertz CT molecular complexity index is 691. The van der Waals surface area contributed by atoms with Crippen LogP contribution in [-0.2, 0) is 6.42 Å². The van der Waals surface area contributed by atoms with Gasteiger partial charge in [-0.15, -0.1) is 10.2 Å². The molecular weight excluding hydrogens is 294 g/mol. The molecular formula is C13H10BrN3O. The van der Waals surface area contributed by atoms with Gasteiger partial charge < -0.3 is 5.11 Å². The molecule has 0 unspecified atom stereocenters. The SMILES string of the molecule is Oc1ccc2nnc(Cc3ccc(Br)cc3)n2c1. The van der Waals surface area contributed by atoms with Gasteiger partial charge in [0.15, 0.2) is 5.65 Å². The lowest BCUT2D eigenvalue weighted by atomic mass is 10.1. The number of pyridine rings is 1. The molecule has 3 rings (SSSR count). The molecule has 0 bridgehead atoms. The van der Waals surface area contributed by atoms with Crippen molar-refractivity contribution in [3.8, 4) is 5.75 Å². The van der Waals surface area contributed by atoms with Crippen LogP contribution in [0.2, 0.25) is 0 Å². The number of fused-ring (bicyclic) bond motifs is 1. The van der Waals surface area contributed by atoms with Crippen molar-refractivity contribution in [2.45, 2.75) is 6.42 Å². The Balaban J connectivity index is 1.99. The van der Waals surface area contributed by atoms with E-state index in [1.807, 2.05) is 24.3 Å². The van der Waals surface area contributed by atoms with E-state index in [1.165, 1.54) is 0 Å². The maximum absolute atomic E-state index is 9.49. The predicted molar refractivity (Wildman–Crippen MR) is 71.6 cm³/mol. The Morgan fingerprint density at radius 1 is 1.06 bits per heavy atom. The van der Waals surface area contributed by atoms with Gasteiger partial charge in [0.2, 0.25) is 0 Å². The first-order valence-corrected chi connectivity index (χ1v) is 6.29. The minimum absolute atomic E-state index is 0.208. The number of hydrogen-bond acceptors (Lipinski definition) is 3. The molecule has 0 saturated carbocycles. The van der Waals surface area contributed by atoms with Gasteiger partial charge in [0.1, 0.15) is 11.6 Å². The molecule has 1 aromatic carbocycles. The summed E-state index contributed by atoms with van der Waals surface area (Å²) in [5.41, 5.74) is 1.88. The van der Waals surface area contributed by atoms with Gasteiger partial charge in [0.05, 0.1) is 6.20 Å². The summed E-state index contributed by atoms with van der Waals surface area (Å²) >= 11 is 3.41. The smallest absolute Gasteiger partial charge is 0.161 e. The van der Waals surface area contributed by atoms with Crippen LogP contribution in [0.3, 0.4) is 0 Å². The zero-order valence-electron chi connectivity index (χ0n) is 9.42. The molecule has 90 valence electrons. The standard InChI is InChI=1S/C13H10BrN3O/c14-10-3-1-9(2-4-10)7-13-16-15-12-6-5-11(18)8-17(12)13/h1-6,8,18H,7H2.